The molecule has 0 unspecified atom stereocenters. The van der Waals surface area contributed by atoms with E-state index in [0.29, 0.717) is 12.1 Å². The molecule has 2 nitrogen and oxygen atoms in total. The number of rotatable bonds is 3. The summed E-state index contributed by atoms with van der Waals surface area (Å²) in [6, 6.07) is 1.06. The van der Waals surface area contributed by atoms with Gasteiger partial charge in [0, 0.05) is 0 Å². The van der Waals surface area contributed by atoms with Crippen LogP contribution >= 0.6 is 0 Å². The molecule has 0 spiro atoms. The molecule has 1 rings (SSSR count). The first-order chi connectivity index (χ1) is 7.77. The van der Waals surface area contributed by atoms with Gasteiger partial charge in [0.1, 0.15) is 11.6 Å². The lowest BCUT2D eigenvalue weighted by Gasteiger charge is -2.13. The van der Waals surface area contributed by atoms with Gasteiger partial charge < -0.3 is 4.74 Å². The summed E-state index contributed by atoms with van der Waals surface area (Å²) in [5.74, 6) is -2.29. The van der Waals surface area contributed by atoms with Crippen LogP contribution in [0, 0.1) is 5.82 Å². The Labute approximate surface area is 95.2 Å². The van der Waals surface area contributed by atoms with Crippen molar-refractivity contribution >= 4 is 5.78 Å². The summed E-state index contributed by atoms with van der Waals surface area (Å²) < 4.78 is 55.4. The van der Waals surface area contributed by atoms with Crippen molar-refractivity contribution in [3.05, 3.63) is 29.1 Å². The largest absolute Gasteiger partial charge is 0.493 e. The predicted octanol–water partition coefficient (Wildman–Crippen LogP) is 3.45. The van der Waals surface area contributed by atoms with E-state index in [9.17, 15) is 22.4 Å². The van der Waals surface area contributed by atoms with E-state index in [-0.39, 0.29) is 17.9 Å². The van der Waals surface area contributed by atoms with E-state index in [0.717, 1.165) is 6.92 Å². The Morgan fingerprint density at radius 3 is 2.35 bits per heavy atom. The van der Waals surface area contributed by atoms with Crippen LogP contribution in [0.15, 0.2) is 12.1 Å². The molecule has 6 heteroatoms. The Balaban J connectivity index is 3.40. The number of hydrogen-bond donors (Lipinski definition) is 0. The Hall–Kier alpha value is -1.59. The van der Waals surface area contributed by atoms with Gasteiger partial charge in [0.15, 0.2) is 5.78 Å². The molecule has 1 aromatic carbocycles. The molecule has 0 amide bonds. The number of carbonyl (C=O) groups is 1. The average molecular weight is 250 g/mol. The Morgan fingerprint density at radius 2 is 1.94 bits per heavy atom. The Bertz CT molecular complexity index is 438. The third-order valence-corrected chi connectivity index (χ3v) is 2.05. The molecule has 0 N–H and O–H groups in total. The van der Waals surface area contributed by atoms with Crippen molar-refractivity contribution in [1.29, 1.82) is 0 Å². The summed E-state index contributed by atoms with van der Waals surface area (Å²) in [5.41, 5.74) is -1.64. The normalized spacial score (nSPS) is 11.4. The van der Waals surface area contributed by atoms with E-state index < -0.39 is 23.3 Å². The standard InChI is InChI=1S/C11H10F4O2/c1-3-17-10-5-8(11(13,14)15)9(12)4-7(10)6(2)16/h4-5H,3H2,1-2H3. The zero-order chi connectivity index (χ0) is 13.2. The molecule has 0 atom stereocenters. The van der Waals surface area contributed by atoms with Gasteiger partial charge >= 0.3 is 6.18 Å². The van der Waals surface area contributed by atoms with Crippen LogP contribution in [0.4, 0.5) is 17.6 Å². The Morgan fingerprint density at radius 1 is 1.35 bits per heavy atom. The van der Waals surface area contributed by atoms with Gasteiger partial charge in [-0.3, -0.25) is 4.79 Å². The molecule has 0 fully saturated rings. The molecule has 0 heterocycles. The number of Topliss-reactive ketones (excluding diaryl/α,β-unsaturated/α-hetero) is 1. The van der Waals surface area contributed by atoms with Gasteiger partial charge in [0.25, 0.3) is 0 Å². The fourth-order valence-corrected chi connectivity index (χ4v) is 1.32. The fraction of sp³-hybridized carbons (Fsp3) is 0.364. The minimum Gasteiger partial charge on any atom is -0.493 e. The van der Waals surface area contributed by atoms with Crippen molar-refractivity contribution in [3.8, 4) is 5.75 Å². The minimum absolute atomic E-state index is 0.0865. The summed E-state index contributed by atoms with van der Waals surface area (Å²) in [7, 11) is 0. The summed E-state index contributed by atoms with van der Waals surface area (Å²) in [4.78, 5) is 11.1. The number of hydrogen-bond acceptors (Lipinski definition) is 2. The van der Waals surface area contributed by atoms with E-state index in [1.165, 1.54) is 0 Å². The molecule has 0 bridgehead atoms. The van der Waals surface area contributed by atoms with E-state index in [1.807, 2.05) is 0 Å². The van der Waals surface area contributed by atoms with Crippen LogP contribution in [-0.4, -0.2) is 12.4 Å². The molecule has 1 aromatic rings. The molecular weight excluding hydrogens is 240 g/mol. The SMILES string of the molecule is CCOc1cc(C(F)(F)F)c(F)cc1C(C)=O. The monoisotopic (exact) mass is 250 g/mol. The number of ketones is 1. The van der Waals surface area contributed by atoms with Crippen LogP contribution in [0.1, 0.15) is 29.8 Å². The zero-order valence-corrected chi connectivity index (χ0v) is 9.19. The fourth-order valence-electron chi connectivity index (χ4n) is 1.32. The maximum Gasteiger partial charge on any atom is 0.419 e. The third-order valence-electron chi connectivity index (χ3n) is 2.05. The van der Waals surface area contributed by atoms with Crippen molar-refractivity contribution in [3.63, 3.8) is 0 Å². The zero-order valence-electron chi connectivity index (χ0n) is 9.19. The van der Waals surface area contributed by atoms with E-state index in [2.05, 4.69) is 0 Å². The van der Waals surface area contributed by atoms with Gasteiger partial charge in [0.05, 0.1) is 17.7 Å². The Kier molecular flexibility index (Phi) is 3.75. The lowest BCUT2D eigenvalue weighted by molar-refractivity contribution is -0.140. The van der Waals surface area contributed by atoms with Gasteiger partial charge in [-0.15, -0.1) is 0 Å². The summed E-state index contributed by atoms with van der Waals surface area (Å²) in [6.07, 6.45) is -4.81. The number of halogens is 4. The predicted molar refractivity (Wildman–Crippen MR) is 52.6 cm³/mol. The highest BCUT2D eigenvalue weighted by Crippen LogP contribution is 2.35. The maximum atomic E-state index is 13.2. The van der Waals surface area contributed by atoms with E-state index in [4.69, 9.17) is 4.74 Å². The van der Waals surface area contributed by atoms with E-state index >= 15 is 0 Å². The molecule has 0 saturated heterocycles. The van der Waals surface area contributed by atoms with Crippen LogP contribution in [0.25, 0.3) is 0 Å². The second kappa shape index (κ2) is 4.73. The average Bonchev–Trinajstić information content (AvgIpc) is 2.18. The van der Waals surface area contributed by atoms with Crippen LogP contribution in [0.2, 0.25) is 0 Å². The van der Waals surface area contributed by atoms with Gasteiger partial charge in [0.2, 0.25) is 0 Å². The highest BCUT2D eigenvalue weighted by Gasteiger charge is 2.35. The smallest absolute Gasteiger partial charge is 0.419 e. The summed E-state index contributed by atoms with van der Waals surface area (Å²) >= 11 is 0. The summed E-state index contributed by atoms with van der Waals surface area (Å²) in [5, 5.41) is 0. The highest BCUT2D eigenvalue weighted by atomic mass is 19.4. The van der Waals surface area contributed by atoms with Gasteiger partial charge in [-0.25, -0.2) is 4.39 Å². The van der Waals surface area contributed by atoms with Crippen molar-refractivity contribution in [2.75, 3.05) is 6.61 Å². The van der Waals surface area contributed by atoms with Gasteiger partial charge in [-0.05, 0) is 26.0 Å². The first kappa shape index (κ1) is 13.5. The molecule has 0 aliphatic rings. The van der Waals surface area contributed by atoms with Gasteiger partial charge in [-0.2, -0.15) is 13.2 Å². The van der Waals surface area contributed by atoms with Gasteiger partial charge in [-0.1, -0.05) is 0 Å². The van der Waals surface area contributed by atoms with Crippen LogP contribution < -0.4 is 4.74 Å². The molecular formula is C11H10F4O2. The number of alkyl halides is 3. The van der Waals surface area contributed by atoms with Crippen LogP contribution in [-0.2, 0) is 6.18 Å². The van der Waals surface area contributed by atoms with Crippen LogP contribution in [0.3, 0.4) is 0 Å². The second-order valence-corrected chi connectivity index (χ2v) is 3.32. The van der Waals surface area contributed by atoms with E-state index in [1.54, 1.807) is 6.92 Å². The first-order valence-electron chi connectivity index (χ1n) is 4.81. The minimum atomic E-state index is -4.81. The lowest BCUT2D eigenvalue weighted by atomic mass is 10.1. The molecule has 0 saturated carbocycles. The first-order valence-corrected chi connectivity index (χ1v) is 4.81. The number of ether oxygens (including phenoxy) is 1. The van der Waals surface area contributed by atoms with Crippen molar-refractivity contribution in [1.82, 2.24) is 0 Å². The summed E-state index contributed by atoms with van der Waals surface area (Å²) in [6.45, 7) is 2.77. The molecule has 0 aliphatic heterocycles. The topological polar surface area (TPSA) is 26.3 Å². The quantitative estimate of drug-likeness (QED) is 0.606. The van der Waals surface area contributed by atoms with Crippen molar-refractivity contribution < 1.29 is 27.1 Å². The highest BCUT2D eigenvalue weighted by molar-refractivity contribution is 5.97. The third kappa shape index (κ3) is 2.95. The van der Waals surface area contributed by atoms with Crippen molar-refractivity contribution in [2.24, 2.45) is 0 Å². The molecule has 0 radical (unpaired) electrons. The maximum absolute atomic E-state index is 13.2. The van der Waals surface area contributed by atoms with Crippen LogP contribution in [0.5, 0.6) is 5.75 Å². The van der Waals surface area contributed by atoms with Crippen molar-refractivity contribution in [2.45, 2.75) is 20.0 Å². The molecule has 17 heavy (non-hydrogen) atoms. The molecule has 0 aliphatic carbocycles. The molecule has 0 aromatic heterocycles. The number of carbonyl (C=O) groups excluding carboxylic acids is 1. The second-order valence-electron chi connectivity index (χ2n) is 3.32. The number of benzene rings is 1. The lowest BCUT2D eigenvalue weighted by Crippen LogP contribution is -2.11. The molecule has 94 valence electrons.